The fourth-order valence-electron chi connectivity index (χ4n) is 5.22. The second-order valence-corrected chi connectivity index (χ2v) is 11.1. The summed E-state index contributed by atoms with van der Waals surface area (Å²) in [5, 5.41) is 9.14. The molecule has 3 N–H and O–H groups in total. The summed E-state index contributed by atoms with van der Waals surface area (Å²) in [5.41, 5.74) is 9.21. The topological polar surface area (TPSA) is 120 Å². The van der Waals surface area contributed by atoms with E-state index in [2.05, 4.69) is 32.0 Å². The Morgan fingerprint density at radius 3 is 2.29 bits per heavy atom. The van der Waals surface area contributed by atoms with Crippen LogP contribution in [0.15, 0.2) is 48.9 Å². The van der Waals surface area contributed by atoms with Gasteiger partial charge in [-0.05, 0) is 37.4 Å². The van der Waals surface area contributed by atoms with E-state index in [1.165, 1.54) is 12.4 Å². The summed E-state index contributed by atoms with van der Waals surface area (Å²) in [4.78, 5) is 30.0. The largest absolute Gasteiger partial charge is 0.471 e. The molecular formula is C28H31Cl2N9O2. The van der Waals surface area contributed by atoms with Crippen LogP contribution in [0, 0.1) is 0 Å². The summed E-state index contributed by atoms with van der Waals surface area (Å²) in [6, 6.07) is 9.72. The Morgan fingerprint density at radius 2 is 1.63 bits per heavy atom. The SMILES string of the molecule is CN1CCN(C(=O)N2CCN(c3ccc(-c4n[nH]c5ccc(O[C@H](N)c6c(Cl)cncc6Cl)cc45)cn3)CC2)CC1. The molecule has 3 aromatic heterocycles. The molecule has 2 amide bonds. The van der Waals surface area contributed by atoms with E-state index in [1.54, 1.807) is 0 Å². The molecule has 13 heteroatoms. The molecule has 2 aliphatic rings. The second kappa shape index (κ2) is 11.7. The first-order chi connectivity index (χ1) is 19.9. The number of likely N-dealkylation sites (N-methyl/N-ethyl adjacent to an activating group) is 1. The maximum absolute atomic E-state index is 12.9. The van der Waals surface area contributed by atoms with Crippen molar-refractivity contribution in [3.8, 4) is 17.0 Å². The molecule has 1 aromatic carbocycles. The maximum atomic E-state index is 12.9. The number of benzene rings is 1. The van der Waals surface area contributed by atoms with E-state index in [0.29, 0.717) is 34.4 Å². The van der Waals surface area contributed by atoms with E-state index in [9.17, 15) is 4.79 Å². The molecule has 1 atom stereocenters. The van der Waals surface area contributed by atoms with Gasteiger partial charge >= 0.3 is 6.03 Å². The number of halogens is 2. The molecule has 5 heterocycles. The van der Waals surface area contributed by atoms with Gasteiger partial charge in [-0.15, -0.1) is 0 Å². The van der Waals surface area contributed by atoms with Gasteiger partial charge in [-0.25, -0.2) is 9.78 Å². The van der Waals surface area contributed by atoms with E-state index in [0.717, 1.165) is 67.2 Å². The summed E-state index contributed by atoms with van der Waals surface area (Å²) in [6.07, 6.45) is 3.91. The zero-order valence-electron chi connectivity index (χ0n) is 22.6. The third kappa shape index (κ3) is 5.76. The number of rotatable bonds is 5. The standard InChI is InChI=1S/C28H31Cl2N9O2/c1-36-6-8-38(9-7-36)28(40)39-12-10-37(11-13-39)24-5-2-18(15-33-24)26-20-14-19(3-4-23(20)34-35-26)41-27(31)25-21(29)16-32-17-22(25)30/h2-5,14-17,27H,6-13,31H2,1H3,(H,34,35)/t27-/m0/s1. The molecule has 0 bridgehead atoms. The zero-order valence-corrected chi connectivity index (χ0v) is 24.1. The third-order valence-corrected chi connectivity index (χ3v) is 8.24. The van der Waals surface area contributed by atoms with E-state index in [-0.39, 0.29) is 6.03 Å². The molecule has 4 aromatic rings. The summed E-state index contributed by atoms with van der Waals surface area (Å²) < 4.78 is 5.98. The minimum atomic E-state index is -0.871. The number of urea groups is 1. The van der Waals surface area contributed by atoms with Crippen LogP contribution < -0.4 is 15.4 Å². The van der Waals surface area contributed by atoms with Crippen LogP contribution in [0.5, 0.6) is 5.75 Å². The highest BCUT2D eigenvalue weighted by Gasteiger charge is 2.27. The number of anilines is 1. The number of nitrogens with one attached hydrogen (secondary N) is 1. The van der Waals surface area contributed by atoms with Crippen molar-refractivity contribution in [3.63, 3.8) is 0 Å². The molecule has 41 heavy (non-hydrogen) atoms. The average molecular weight is 597 g/mol. The molecule has 2 aliphatic heterocycles. The first-order valence-electron chi connectivity index (χ1n) is 13.5. The van der Waals surface area contributed by atoms with Crippen molar-refractivity contribution >= 4 is 46.0 Å². The lowest BCUT2D eigenvalue weighted by Crippen LogP contribution is -2.56. The van der Waals surface area contributed by atoms with Crippen LogP contribution in [0.1, 0.15) is 11.8 Å². The highest BCUT2D eigenvalue weighted by atomic mass is 35.5. The lowest BCUT2D eigenvalue weighted by Gasteiger charge is -2.40. The van der Waals surface area contributed by atoms with Gasteiger partial charge < -0.3 is 24.3 Å². The number of hydrogen-bond donors (Lipinski definition) is 2. The van der Waals surface area contributed by atoms with Gasteiger partial charge in [-0.2, -0.15) is 5.10 Å². The van der Waals surface area contributed by atoms with Crippen molar-refractivity contribution < 1.29 is 9.53 Å². The summed E-state index contributed by atoms with van der Waals surface area (Å²) in [5.74, 6) is 1.42. The highest BCUT2D eigenvalue weighted by Crippen LogP contribution is 2.33. The number of amides is 2. The minimum absolute atomic E-state index is 0.141. The quantitative estimate of drug-likeness (QED) is 0.334. The maximum Gasteiger partial charge on any atom is 0.320 e. The van der Waals surface area contributed by atoms with Gasteiger partial charge in [0, 0.05) is 87.5 Å². The average Bonchev–Trinajstić information content (AvgIpc) is 3.41. The normalized spacial score (nSPS) is 17.2. The van der Waals surface area contributed by atoms with Crippen molar-refractivity contribution in [2.75, 3.05) is 64.3 Å². The third-order valence-electron chi connectivity index (χ3n) is 7.64. The van der Waals surface area contributed by atoms with Crippen LogP contribution >= 0.6 is 23.2 Å². The number of carbonyl (C=O) groups is 1. The molecule has 6 rings (SSSR count). The van der Waals surface area contributed by atoms with Gasteiger partial charge in [0.2, 0.25) is 0 Å². The number of H-pyrrole nitrogens is 1. The van der Waals surface area contributed by atoms with Gasteiger partial charge in [0.05, 0.1) is 15.6 Å². The van der Waals surface area contributed by atoms with Gasteiger partial charge in [0.25, 0.3) is 0 Å². The second-order valence-electron chi connectivity index (χ2n) is 10.3. The Hall–Kier alpha value is -3.64. The molecule has 214 valence electrons. The highest BCUT2D eigenvalue weighted by molar-refractivity contribution is 6.35. The number of carbonyl (C=O) groups excluding carboxylic acids is 1. The zero-order chi connectivity index (χ0) is 28.5. The Bertz CT molecular complexity index is 1510. The number of pyridine rings is 2. The van der Waals surface area contributed by atoms with E-state index >= 15 is 0 Å². The molecule has 11 nitrogen and oxygen atoms in total. The Balaban J connectivity index is 1.12. The number of aromatic amines is 1. The van der Waals surface area contributed by atoms with Gasteiger partial charge in [-0.1, -0.05) is 23.2 Å². The van der Waals surface area contributed by atoms with Crippen molar-refractivity contribution in [2.24, 2.45) is 5.73 Å². The molecule has 0 aliphatic carbocycles. The summed E-state index contributed by atoms with van der Waals surface area (Å²) >= 11 is 12.5. The first-order valence-corrected chi connectivity index (χ1v) is 14.3. The van der Waals surface area contributed by atoms with E-state index in [1.807, 2.05) is 46.3 Å². The molecule has 2 fully saturated rings. The lowest BCUT2D eigenvalue weighted by molar-refractivity contribution is 0.120. The number of nitrogens with two attached hydrogens (primary N) is 1. The van der Waals surface area contributed by atoms with Crippen molar-refractivity contribution in [2.45, 2.75) is 6.23 Å². The fourth-order valence-corrected chi connectivity index (χ4v) is 5.80. The minimum Gasteiger partial charge on any atom is -0.471 e. The van der Waals surface area contributed by atoms with Gasteiger partial charge in [0.1, 0.15) is 17.3 Å². The predicted octanol–water partition coefficient (Wildman–Crippen LogP) is 3.85. The van der Waals surface area contributed by atoms with Crippen molar-refractivity contribution in [1.29, 1.82) is 0 Å². The van der Waals surface area contributed by atoms with Crippen molar-refractivity contribution in [1.82, 2.24) is 34.9 Å². The summed E-state index contributed by atoms with van der Waals surface area (Å²) in [7, 11) is 2.09. The number of nitrogens with zero attached hydrogens (tertiary/aromatic N) is 7. The van der Waals surface area contributed by atoms with Crippen LogP contribution in [0.25, 0.3) is 22.2 Å². The molecular weight excluding hydrogens is 565 g/mol. The molecule has 0 radical (unpaired) electrons. The number of fused-ring (bicyclic) bond motifs is 1. The Morgan fingerprint density at radius 1 is 0.951 bits per heavy atom. The summed E-state index contributed by atoms with van der Waals surface area (Å²) in [6.45, 7) is 6.25. The van der Waals surface area contributed by atoms with E-state index in [4.69, 9.17) is 38.7 Å². The number of hydrogen-bond acceptors (Lipinski definition) is 8. The monoisotopic (exact) mass is 595 g/mol. The predicted molar refractivity (Wildman–Crippen MR) is 159 cm³/mol. The number of aromatic nitrogens is 4. The molecule has 0 unspecified atom stereocenters. The first kappa shape index (κ1) is 27.5. The van der Waals surface area contributed by atoms with Crippen molar-refractivity contribution in [3.05, 3.63) is 64.5 Å². The molecule has 2 saturated heterocycles. The van der Waals surface area contributed by atoms with E-state index < -0.39 is 6.23 Å². The molecule has 0 saturated carbocycles. The Labute approximate surface area is 247 Å². The molecule has 0 spiro atoms. The number of ether oxygens (including phenoxy) is 1. The smallest absolute Gasteiger partial charge is 0.320 e. The van der Waals surface area contributed by atoms with Gasteiger partial charge in [0.15, 0.2) is 6.23 Å². The van der Waals surface area contributed by atoms with Crippen LogP contribution in [0.4, 0.5) is 10.6 Å². The van der Waals surface area contributed by atoms with Crippen LogP contribution in [-0.2, 0) is 0 Å². The number of piperazine rings is 2. The van der Waals surface area contributed by atoms with Crippen LogP contribution in [0.3, 0.4) is 0 Å². The van der Waals surface area contributed by atoms with Crippen LogP contribution in [0.2, 0.25) is 10.0 Å². The van der Waals surface area contributed by atoms with Gasteiger partial charge in [-0.3, -0.25) is 15.8 Å². The Kier molecular flexibility index (Phi) is 7.85. The van der Waals surface area contributed by atoms with Crippen LogP contribution in [-0.4, -0.2) is 100 Å². The lowest BCUT2D eigenvalue weighted by atomic mass is 10.1. The fraction of sp³-hybridized carbons (Fsp3) is 0.357.